The van der Waals surface area contributed by atoms with Crippen LogP contribution in [0.25, 0.3) is 0 Å². The van der Waals surface area contributed by atoms with Crippen LogP contribution in [0.2, 0.25) is 0 Å². The van der Waals surface area contributed by atoms with Gasteiger partial charge in [-0.25, -0.2) is 4.39 Å². The monoisotopic (exact) mass is 253 g/mol. The number of hydrogen-bond acceptors (Lipinski definition) is 1. The molecule has 0 aromatic heterocycles. The zero-order valence-corrected chi connectivity index (χ0v) is 10.2. The zero-order chi connectivity index (χ0) is 13.0. The van der Waals surface area contributed by atoms with E-state index in [9.17, 15) is 9.18 Å². The first-order valence-electron chi connectivity index (χ1n) is 6.39. The molecule has 1 aliphatic carbocycles. The number of carbonyl (C=O) groups excluding carboxylic acids is 1. The highest BCUT2D eigenvalue weighted by Gasteiger charge is 2.65. The third-order valence-electron chi connectivity index (χ3n) is 4.30. The maximum atomic E-state index is 13.9. The van der Waals surface area contributed by atoms with Gasteiger partial charge in [-0.15, -0.1) is 0 Å². The molecule has 3 heteroatoms. The van der Waals surface area contributed by atoms with Crippen molar-refractivity contribution < 1.29 is 9.18 Å². The fourth-order valence-corrected chi connectivity index (χ4v) is 3.28. The molecule has 2 nitrogen and oxygen atoms in total. The van der Waals surface area contributed by atoms with Crippen LogP contribution < -0.4 is 5.32 Å². The third kappa shape index (κ3) is 1.27. The summed E-state index contributed by atoms with van der Waals surface area (Å²) in [6, 6.07) is 14.4. The van der Waals surface area contributed by atoms with Crippen molar-refractivity contribution in [2.75, 3.05) is 5.32 Å². The van der Waals surface area contributed by atoms with E-state index >= 15 is 0 Å². The number of nitrogens with one attached hydrogen (secondary N) is 1. The average Bonchev–Trinajstić information content (AvgIpc) is 3.09. The second-order valence-electron chi connectivity index (χ2n) is 5.25. The van der Waals surface area contributed by atoms with Crippen LogP contribution in [0, 0.1) is 5.82 Å². The van der Waals surface area contributed by atoms with Crippen molar-refractivity contribution in [3.8, 4) is 0 Å². The molecule has 19 heavy (non-hydrogen) atoms. The van der Waals surface area contributed by atoms with Crippen molar-refractivity contribution in [1.82, 2.24) is 0 Å². The zero-order valence-electron chi connectivity index (χ0n) is 10.2. The summed E-state index contributed by atoms with van der Waals surface area (Å²) >= 11 is 0. The van der Waals surface area contributed by atoms with Crippen molar-refractivity contribution >= 4 is 11.6 Å². The van der Waals surface area contributed by atoms with Crippen molar-refractivity contribution in [1.29, 1.82) is 0 Å². The molecule has 1 heterocycles. The Hall–Kier alpha value is -2.16. The van der Waals surface area contributed by atoms with Gasteiger partial charge in [-0.05, 0) is 29.7 Å². The van der Waals surface area contributed by atoms with E-state index in [1.807, 2.05) is 30.3 Å². The first-order chi connectivity index (χ1) is 9.23. The van der Waals surface area contributed by atoms with Crippen LogP contribution in [0.3, 0.4) is 0 Å². The second-order valence-corrected chi connectivity index (χ2v) is 5.25. The van der Waals surface area contributed by atoms with Crippen LogP contribution >= 0.6 is 0 Å². The van der Waals surface area contributed by atoms with E-state index in [0.29, 0.717) is 12.0 Å². The number of benzene rings is 2. The molecule has 94 valence electrons. The largest absolute Gasteiger partial charge is 0.325 e. The number of anilines is 1. The van der Waals surface area contributed by atoms with Gasteiger partial charge in [-0.1, -0.05) is 36.4 Å². The summed E-state index contributed by atoms with van der Waals surface area (Å²) in [5.74, 6) is -0.263. The molecule has 2 atom stereocenters. The highest BCUT2D eigenvalue weighted by molar-refractivity contribution is 6.09. The van der Waals surface area contributed by atoms with Crippen LogP contribution in [0.15, 0.2) is 48.5 Å². The maximum absolute atomic E-state index is 13.9. The predicted molar refractivity (Wildman–Crippen MR) is 70.5 cm³/mol. The van der Waals surface area contributed by atoms with E-state index in [0.717, 1.165) is 11.3 Å². The van der Waals surface area contributed by atoms with E-state index in [1.165, 1.54) is 6.07 Å². The van der Waals surface area contributed by atoms with Crippen LogP contribution in [-0.4, -0.2) is 5.91 Å². The Bertz CT molecular complexity index is 697. The van der Waals surface area contributed by atoms with Gasteiger partial charge in [-0.2, -0.15) is 0 Å². The molecule has 0 unspecified atom stereocenters. The molecular formula is C16H12FNO. The molecule has 0 radical (unpaired) electrons. The SMILES string of the molecule is O=C1Nc2ccccc2[C@@]12C[C@H]2c1ccccc1F. The Morgan fingerprint density at radius 1 is 1.11 bits per heavy atom. The lowest BCUT2D eigenvalue weighted by molar-refractivity contribution is -0.118. The smallest absolute Gasteiger partial charge is 0.235 e. The minimum atomic E-state index is -0.543. The molecule has 1 N–H and O–H groups in total. The fraction of sp³-hybridized carbons (Fsp3) is 0.188. The molecule has 2 aliphatic rings. The van der Waals surface area contributed by atoms with Gasteiger partial charge in [-0.3, -0.25) is 4.79 Å². The normalized spacial score (nSPS) is 27.2. The lowest BCUT2D eigenvalue weighted by Gasteiger charge is -2.09. The fourth-order valence-electron chi connectivity index (χ4n) is 3.28. The van der Waals surface area contributed by atoms with Crippen molar-refractivity contribution in [3.05, 3.63) is 65.5 Å². The summed E-state index contributed by atoms with van der Waals surface area (Å²) in [4.78, 5) is 12.3. The van der Waals surface area contributed by atoms with Gasteiger partial charge in [0, 0.05) is 11.6 Å². The number of hydrogen-bond donors (Lipinski definition) is 1. The van der Waals surface area contributed by atoms with Gasteiger partial charge in [0.15, 0.2) is 0 Å². The Balaban J connectivity index is 1.83. The quantitative estimate of drug-likeness (QED) is 0.830. The highest BCUT2D eigenvalue weighted by atomic mass is 19.1. The van der Waals surface area contributed by atoms with E-state index in [-0.39, 0.29) is 17.6 Å². The van der Waals surface area contributed by atoms with Gasteiger partial charge in [0.2, 0.25) is 5.91 Å². The van der Waals surface area contributed by atoms with Gasteiger partial charge in [0.25, 0.3) is 0 Å². The number of para-hydroxylation sites is 1. The first kappa shape index (κ1) is 10.7. The van der Waals surface area contributed by atoms with E-state index in [2.05, 4.69) is 5.32 Å². The standard InChI is InChI=1S/C16H12FNO/c17-13-7-3-1-5-10(13)12-9-16(12)11-6-2-4-8-14(11)18-15(16)19/h1-8,12H,9H2,(H,18,19)/t12-,16+/m0/s1. The van der Waals surface area contributed by atoms with Gasteiger partial charge >= 0.3 is 0 Å². The van der Waals surface area contributed by atoms with Gasteiger partial charge < -0.3 is 5.32 Å². The molecule has 1 amide bonds. The summed E-state index contributed by atoms with van der Waals surface area (Å²) in [5.41, 5.74) is 1.98. The molecule has 1 fully saturated rings. The van der Waals surface area contributed by atoms with Crippen LogP contribution in [0.1, 0.15) is 23.5 Å². The number of carbonyl (C=O) groups is 1. The van der Waals surface area contributed by atoms with E-state index in [1.54, 1.807) is 12.1 Å². The second kappa shape index (κ2) is 3.44. The third-order valence-corrected chi connectivity index (χ3v) is 4.30. The Morgan fingerprint density at radius 3 is 2.68 bits per heavy atom. The average molecular weight is 253 g/mol. The summed E-state index contributed by atoms with van der Waals surface area (Å²) in [6.45, 7) is 0. The van der Waals surface area contributed by atoms with Crippen LogP contribution in [0.4, 0.5) is 10.1 Å². The summed E-state index contributed by atoms with van der Waals surface area (Å²) in [7, 11) is 0. The Kier molecular flexibility index (Phi) is 1.94. The van der Waals surface area contributed by atoms with Crippen LogP contribution in [0.5, 0.6) is 0 Å². The molecule has 4 rings (SSSR count). The molecule has 0 saturated heterocycles. The molecule has 2 aromatic carbocycles. The Morgan fingerprint density at radius 2 is 1.84 bits per heavy atom. The molecule has 1 saturated carbocycles. The van der Waals surface area contributed by atoms with E-state index < -0.39 is 5.41 Å². The maximum Gasteiger partial charge on any atom is 0.235 e. The van der Waals surface area contributed by atoms with Crippen molar-refractivity contribution in [2.24, 2.45) is 0 Å². The van der Waals surface area contributed by atoms with Crippen molar-refractivity contribution in [3.63, 3.8) is 0 Å². The molecular weight excluding hydrogens is 241 g/mol. The van der Waals surface area contributed by atoms with Crippen molar-refractivity contribution in [2.45, 2.75) is 17.8 Å². The lowest BCUT2D eigenvalue weighted by Crippen LogP contribution is -2.21. The van der Waals surface area contributed by atoms with Gasteiger partial charge in [0.1, 0.15) is 5.82 Å². The van der Waals surface area contributed by atoms with E-state index in [4.69, 9.17) is 0 Å². The number of rotatable bonds is 1. The Labute approximate surface area is 110 Å². The lowest BCUT2D eigenvalue weighted by atomic mass is 9.92. The summed E-state index contributed by atoms with van der Waals surface area (Å²) in [5, 5.41) is 2.91. The minimum Gasteiger partial charge on any atom is -0.325 e. The molecule has 1 aliphatic heterocycles. The molecule has 1 spiro atoms. The summed E-state index contributed by atoms with van der Waals surface area (Å²) < 4.78 is 13.9. The molecule has 2 aromatic rings. The summed E-state index contributed by atoms with van der Waals surface area (Å²) in [6.07, 6.45) is 0.691. The minimum absolute atomic E-state index is 0.00181. The van der Waals surface area contributed by atoms with Crippen LogP contribution in [-0.2, 0) is 10.2 Å². The highest BCUT2D eigenvalue weighted by Crippen LogP contribution is 2.65. The number of fused-ring (bicyclic) bond motifs is 2. The topological polar surface area (TPSA) is 29.1 Å². The molecule has 0 bridgehead atoms. The number of amides is 1. The first-order valence-corrected chi connectivity index (χ1v) is 6.39. The predicted octanol–water partition coefficient (Wildman–Crippen LogP) is 3.20. The van der Waals surface area contributed by atoms with Gasteiger partial charge in [0.05, 0.1) is 5.41 Å². The number of halogens is 1.